The van der Waals surface area contributed by atoms with Crippen molar-refractivity contribution >= 4 is 11.6 Å². The van der Waals surface area contributed by atoms with Crippen LogP contribution < -0.4 is 14.8 Å². The zero-order chi connectivity index (χ0) is 21.8. The Balaban J connectivity index is 1.62. The Morgan fingerprint density at radius 1 is 0.806 bits per heavy atom. The van der Waals surface area contributed by atoms with Gasteiger partial charge in [-0.3, -0.25) is 9.48 Å². The van der Waals surface area contributed by atoms with Crippen molar-refractivity contribution in [2.24, 2.45) is 7.05 Å². The zero-order valence-electron chi connectivity index (χ0n) is 16.4. The fourth-order valence-corrected chi connectivity index (χ4v) is 2.77. The van der Waals surface area contributed by atoms with Crippen molar-refractivity contribution in [3.63, 3.8) is 0 Å². The van der Waals surface area contributed by atoms with Crippen LogP contribution in [0.3, 0.4) is 0 Å². The van der Waals surface area contributed by atoms with Gasteiger partial charge in [-0.15, -0.1) is 0 Å². The Hall–Kier alpha value is -4.20. The molecule has 0 atom stereocenters. The Kier molecular flexibility index (Phi) is 5.61. The Morgan fingerprint density at radius 3 is 1.77 bits per heavy atom. The molecule has 0 bridgehead atoms. The summed E-state index contributed by atoms with van der Waals surface area (Å²) in [5.74, 6) is 0.329. The third-order valence-corrected chi connectivity index (χ3v) is 4.18. The summed E-state index contributed by atoms with van der Waals surface area (Å²) in [4.78, 5) is 12.5. The predicted molar refractivity (Wildman–Crippen MR) is 111 cm³/mol. The molecule has 6 nitrogen and oxygen atoms in total. The van der Waals surface area contributed by atoms with Crippen LogP contribution in [0.4, 0.5) is 14.5 Å². The average molecular weight is 421 g/mol. The Morgan fingerprint density at radius 2 is 1.32 bits per heavy atom. The van der Waals surface area contributed by atoms with Crippen LogP contribution in [0, 0.1) is 11.6 Å². The number of benzene rings is 3. The highest BCUT2D eigenvalue weighted by Gasteiger charge is 2.12. The molecule has 1 N–H and O–H groups in total. The van der Waals surface area contributed by atoms with E-state index in [1.165, 1.54) is 53.2 Å². The number of ether oxygens (including phenoxy) is 2. The highest BCUT2D eigenvalue weighted by molar-refractivity contribution is 6.03. The van der Waals surface area contributed by atoms with E-state index >= 15 is 0 Å². The molecule has 1 aromatic heterocycles. The van der Waals surface area contributed by atoms with Gasteiger partial charge in [0.2, 0.25) is 0 Å². The maximum atomic E-state index is 13.2. The van der Waals surface area contributed by atoms with Gasteiger partial charge in [-0.05, 0) is 54.6 Å². The fraction of sp³-hybridized carbons (Fsp3) is 0.0435. The molecule has 0 aliphatic heterocycles. The van der Waals surface area contributed by atoms with Crippen LogP contribution in [0.5, 0.6) is 23.0 Å². The van der Waals surface area contributed by atoms with Crippen molar-refractivity contribution in [1.82, 2.24) is 9.78 Å². The number of aryl methyl sites for hydroxylation is 1. The third kappa shape index (κ3) is 5.24. The molecule has 4 aromatic rings. The number of amides is 1. The summed E-state index contributed by atoms with van der Waals surface area (Å²) < 4.78 is 39.4. The average Bonchev–Trinajstić information content (AvgIpc) is 3.18. The summed E-state index contributed by atoms with van der Waals surface area (Å²) in [5.41, 5.74) is 0.640. The van der Waals surface area contributed by atoms with Crippen molar-refractivity contribution < 1.29 is 23.0 Å². The Bertz CT molecular complexity index is 1140. The van der Waals surface area contributed by atoms with Gasteiger partial charge < -0.3 is 14.8 Å². The Labute approximate surface area is 176 Å². The highest BCUT2D eigenvalue weighted by Crippen LogP contribution is 2.32. The third-order valence-electron chi connectivity index (χ3n) is 4.18. The first kappa shape index (κ1) is 20.1. The minimum absolute atomic E-state index is 0.244. The number of aromatic nitrogens is 2. The summed E-state index contributed by atoms with van der Waals surface area (Å²) in [6.07, 6.45) is 1.66. The summed E-state index contributed by atoms with van der Waals surface area (Å²) in [7, 11) is 1.71. The number of nitrogens with zero attached hydrogens (tertiary/aromatic N) is 2. The molecule has 0 unspecified atom stereocenters. The molecule has 1 amide bonds. The number of hydrogen-bond donors (Lipinski definition) is 1. The molecule has 4 rings (SSSR count). The first-order valence-electron chi connectivity index (χ1n) is 9.27. The molecule has 8 heteroatoms. The molecular weight excluding hydrogens is 404 g/mol. The summed E-state index contributed by atoms with van der Waals surface area (Å²) in [6, 6.07) is 17.4. The van der Waals surface area contributed by atoms with E-state index < -0.39 is 5.91 Å². The van der Waals surface area contributed by atoms with E-state index in [-0.39, 0.29) is 17.3 Å². The lowest BCUT2D eigenvalue weighted by atomic mass is 10.2. The van der Waals surface area contributed by atoms with Crippen LogP contribution in [0.1, 0.15) is 10.5 Å². The quantitative estimate of drug-likeness (QED) is 0.444. The van der Waals surface area contributed by atoms with Crippen molar-refractivity contribution in [2.75, 3.05) is 5.32 Å². The SMILES string of the molecule is Cn1ccc(C(=O)Nc2cc(Oc3ccc(F)cc3)cc(Oc3ccc(F)cc3)c2)n1. The first-order chi connectivity index (χ1) is 14.9. The second-order valence-corrected chi connectivity index (χ2v) is 6.63. The largest absolute Gasteiger partial charge is 0.457 e. The van der Waals surface area contributed by atoms with E-state index in [0.717, 1.165) is 0 Å². The van der Waals surface area contributed by atoms with E-state index in [2.05, 4.69) is 10.4 Å². The lowest BCUT2D eigenvalue weighted by molar-refractivity contribution is 0.102. The van der Waals surface area contributed by atoms with Gasteiger partial charge in [-0.1, -0.05) is 0 Å². The van der Waals surface area contributed by atoms with Crippen LogP contribution >= 0.6 is 0 Å². The number of nitrogens with one attached hydrogen (secondary N) is 1. The van der Waals surface area contributed by atoms with Gasteiger partial charge in [0.05, 0.1) is 0 Å². The van der Waals surface area contributed by atoms with Crippen molar-refractivity contribution in [2.45, 2.75) is 0 Å². The van der Waals surface area contributed by atoms with Crippen molar-refractivity contribution in [3.05, 3.63) is 96.3 Å². The van der Waals surface area contributed by atoms with E-state index in [0.29, 0.717) is 28.7 Å². The monoisotopic (exact) mass is 421 g/mol. The van der Waals surface area contributed by atoms with Gasteiger partial charge in [-0.2, -0.15) is 5.10 Å². The summed E-state index contributed by atoms with van der Waals surface area (Å²) >= 11 is 0. The number of carbonyl (C=O) groups excluding carboxylic acids is 1. The molecule has 0 saturated heterocycles. The van der Waals surface area contributed by atoms with Gasteiger partial charge >= 0.3 is 0 Å². The van der Waals surface area contributed by atoms with Crippen LogP contribution in [-0.2, 0) is 7.05 Å². The number of anilines is 1. The lowest BCUT2D eigenvalue weighted by Crippen LogP contribution is -2.13. The molecule has 3 aromatic carbocycles. The van der Waals surface area contributed by atoms with Crippen molar-refractivity contribution in [3.8, 4) is 23.0 Å². The van der Waals surface area contributed by atoms with Crippen molar-refractivity contribution in [1.29, 1.82) is 0 Å². The maximum absolute atomic E-state index is 13.2. The molecular formula is C23H17F2N3O3. The minimum atomic E-state index is -0.410. The molecule has 0 saturated carbocycles. The first-order valence-corrected chi connectivity index (χ1v) is 9.27. The van der Waals surface area contributed by atoms with Crippen LogP contribution in [0.15, 0.2) is 79.0 Å². The van der Waals surface area contributed by atoms with Crippen LogP contribution in [-0.4, -0.2) is 15.7 Å². The van der Waals surface area contributed by atoms with Gasteiger partial charge in [0.25, 0.3) is 5.91 Å². The number of carbonyl (C=O) groups is 1. The molecule has 0 aliphatic rings. The summed E-state index contributed by atoms with van der Waals surface area (Å²) in [6.45, 7) is 0. The lowest BCUT2D eigenvalue weighted by Gasteiger charge is -2.13. The normalized spacial score (nSPS) is 10.5. The molecule has 0 fully saturated rings. The topological polar surface area (TPSA) is 65.4 Å². The minimum Gasteiger partial charge on any atom is -0.457 e. The maximum Gasteiger partial charge on any atom is 0.276 e. The molecule has 0 radical (unpaired) electrons. The highest BCUT2D eigenvalue weighted by atomic mass is 19.1. The zero-order valence-corrected chi connectivity index (χ0v) is 16.4. The summed E-state index contributed by atoms with van der Waals surface area (Å²) in [5, 5.41) is 6.82. The molecule has 31 heavy (non-hydrogen) atoms. The van der Waals surface area contributed by atoms with Gasteiger partial charge in [-0.25, -0.2) is 8.78 Å². The molecule has 1 heterocycles. The fourth-order valence-electron chi connectivity index (χ4n) is 2.77. The number of hydrogen-bond acceptors (Lipinski definition) is 4. The van der Waals surface area contributed by atoms with Gasteiger partial charge in [0.15, 0.2) is 5.69 Å². The molecule has 156 valence electrons. The van der Waals surface area contributed by atoms with E-state index in [1.807, 2.05) is 0 Å². The standard InChI is InChI=1S/C23H17F2N3O3/c1-28-11-10-22(27-28)23(29)26-17-12-20(30-18-6-2-15(24)3-7-18)14-21(13-17)31-19-8-4-16(25)5-9-19/h2-14H,1H3,(H,26,29). The number of halogens is 2. The van der Waals surface area contributed by atoms with E-state index in [4.69, 9.17) is 9.47 Å². The second kappa shape index (κ2) is 8.66. The van der Waals surface area contributed by atoms with E-state index in [9.17, 15) is 13.6 Å². The van der Waals surface area contributed by atoms with Crippen LogP contribution in [0.2, 0.25) is 0 Å². The van der Waals surface area contributed by atoms with Gasteiger partial charge in [0.1, 0.15) is 34.6 Å². The predicted octanol–water partition coefficient (Wildman–Crippen LogP) is 5.54. The number of rotatable bonds is 6. The molecule has 0 aliphatic carbocycles. The smallest absolute Gasteiger partial charge is 0.276 e. The molecule has 0 spiro atoms. The second-order valence-electron chi connectivity index (χ2n) is 6.63. The van der Waals surface area contributed by atoms with E-state index in [1.54, 1.807) is 37.5 Å². The van der Waals surface area contributed by atoms with Gasteiger partial charge in [0, 0.05) is 37.1 Å². The van der Waals surface area contributed by atoms with Crippen LogP contribution in [0.25, 0.3) is 0 Å².